The van der Waals surface area contributed by atoms with Gasteiger partial charge < -0.3 is 20.6 Å². The van der Waals surface area contributed by atoms with E-state index in [2.05, 4.69) is 5.32 Å². The Balaban J connectivity index is 1.92. The fourth-order valence-corrected chi connectivity index (χ4v) is 1.87. The molecule has 0 aromatic heterocycles. The fourth-order valence-electron chi connectivity index (χ4n) is 1.87. The van der Waals surface area contributed by atoms with Crippen molar-refractivity contribution in [3.8, 4) is 11.5 Å². The molecule has 5 heteroatoms. The third-order valence-corrected chi connectivity index (χ3v) is 3.10. The summed E-state index contributed by atoms with van der Waals surface area (Å²) in [7, 11) is 0. The number of aliphatic hydroxyl groups is 1. The van der Waals surface area contributed by atoms with Crippen LogP contribution in [0.3, 0.4) is 0 Å². The summed E-state index contributed by atoms with van der Waals surface area (Å²) in [4.78, 5) is 11.7. The summed E-state index contributed by atoms with van der Waals surface area (Å²) in [6, 6.07) is 11.3. The number of benzene rings is 2. The SMILES string of the molecule is O=C(/C=C/c1ccc(O)c(CO)c1)NCc1ccc(O)cc1. The zero-order valence-electron chi connectivity index (χ0n) is 11.9. The maximum atomic E-state index is 11.7. The Morgan fingerprint density at radius 1 is 1.09 bits per heavy atom. The zero-order chi connectivity index (χ0) is 15.9. The van der Waals surface area contributed by atoms with Crippen LogP contribution in [0.15, 0.2) is 48.5 Å². The average Bonchev–Trinajstić information content (AvgIpc) is 2.53. The highest BCUT2D eigenvalue weighted by Gasteiger charge is 2.01. The maximum Gasteiger partial charge on any atom is 0.244 e. The first-order valence-corrected chi connectivity index (χ1v) is 6.75. The molecule has 0 saturated heterocycles. The number of nitrogens with one attached hydrogen (secondary N) is 1. The van der Waals surface area contributed by atoms with Crippen LogP contribution >= 0.6 is 0 Å². The van der Waals surface area contributed by atoms with Crippen molar-refractivity contribution >= 4 is 12.0 Å². The van der Waals surface area contributed by atoms with E-state index in [1.165, 1.54) is 12.1 Å². The summed E-state index contributed by atoms with van der Waals surface area (Å²) in [5.41, 5.74) is 2.00. The quantitative estimate of drug-likeness (QED) is 0.635. The summed E-state index contributed by atoms with van der Waals surface area (Å²) < 4.78 is 0. The van der Waals surface area contributed by atoms with E-state index in [1.54, 1.807) is 42.5 Å². The smallest absolute Gasteiger partial charge is 0.244 e. The van der Waals surface area contributed by atoms with Gasteiger partial charge in [0, 0.05) is 18.2 Å². The molecule has 0 aliphatic rings. The molecule has 4 N–H and O–H groups in total. The predicted octanol–water partition coefficient (Wildman–Crippen LogP) is 1.92. The Hall–Kier alpha value is -2.79. The van der Waals surface area contributed by atoms with Gasteiger partial charge in [-0.25, -0.2) is 0 Å². The largest absolute Gasteiger partial charge is 0.508 e. The van der Waals surface area contributed by atoms with Crippen LogP contribution in [0.4, 0.5) is 0 Å². The van der Waals surface area contributed by atoms with Gasteiger partial charge in [-0.15, -0.1) is 0 Å². The fraction of sp³-hybridized carbons (Fsp3) is 0.118. The summed E-state index contributed by atoms with van der Waals surface area (Å²) in [5.74, 6) is -0.0508. The maximum absolute atomic E-state index is 11.7. The van der Waals surface area contributed by atoms with E-state index in [4.69, 9.17) is 5.11 Å². The molecule has 0 heterocycles. The number of carbonyl (C=O) groups is 1. The van der Waals surface area contributed by atoms with Gasteiger partial charge >= 0.3 is 0 Å². The molecular formula is C17H17NO4. The molecule has 0 aliphatic carbocycles. The minimum absolute atomic E-state index is 0.0245. The Morgan fingerprint density at radius 3 is 2.50 bits per heavy atom. The Labute approximate surface area is 128 Å². The minimum Gasteiger partial charge on any atom is -0.508 e. The number of phenols is 2. The number of aliphatic hydroxyl groups excluding tert-OH is 1. The third kappa shape index (κ3) is 4.36. The topological polar surface area (TPSA) is 89.8 Å². The van der Waals surface area contributed by atoms with Crippen LogP contribution in [-0.4, -0.2) is 21.2 Å². The lowest BCUT2D eigenvalue weighted by Gasteiger charge is -2.03. The van der Waals surface area contributed by atoms with Gasteiger partial charge in [0.2, 0.25) is 5.91 Å². The van der Waals surface area contributed by atoms with Crippen LogP contribution in [0.5, 0.6) is 11.5 Å². The third-order valence-electron chi connectivity index (χ3n) is 3.10. The number of amides is 1. The highest BCUT2D eigenvalue weighted by atomic mass is 16.3. The summed E-state index contributed by atoms with van der Waals surface area (Å²) >= 11 is 0. The number of hydrogen-bond acceptors (Lipinski definition) is 4. The van der Waals surface area contributed by atoms with Crippen molar-refractivity contribution in [2.24, 2.45) is 0 Å². The molecule has 0 fully saturated rings. The molecule has 2 aromatic carbocycles. The molecule has 2 rings (SSSR count). The molecule has 0 atom stereocenters. The summed E-state index contributed by atoms with van der Waals surface area (Å²) in [6.45, 7) is 0.0987. The first-order valence-electron chi connectivity index (χ1n) is 6.75. The van der Waals surface area contributed by atoms with Crippen LogP contribution in [0.25, 0.3) is 6.08 Å². The summed E-state index contributed by atoms with van der Waals surface area (Å²) in [5, 5.41) is 30.4. The van der Waals surface area contributed by atoms with E-state index in [-0.39, 0.29) is 24.0 Å². The number of phenolic OH excluding ortho intramolecular Hbond substituents is 1. The van der Waals surface area contributed by atoms with Gasteiger partial charge in [0.15, 0.2) is 0 Å². The van der Waals surface area contributed by atoms with Gasteiger partial charge in [0.05, 0.1) is 6.61 Å². The van der Waals surface area contributed by atoms with Gasteiger partial charge in [-0.05, 0) is 41.5 Å². The van der Waals surface area contributed by atoms with Gasteiger partial charge in [-0.3, -0.25) is 4.79 Å². The molecule has 0 unspecified atom stereocenters. The second-order valence-corrected chi connectivity index (χ2v) is 4.76. The van der Waals surface area contributed by atoms with E-state index in [0.717, 1.165) is 5.56 Å². The molecule has 0 spiro atoms. The zero-order valence-corrected chi connectivity index (χ0v) is 11.9. The highest BCUT2D eigenvalue weighted by molar-refractivity contribution is 5.91. The molecular weight excluding hydrogens is 282 g/mol. The van der Waals surface area contributed by atoms with Gasteiger partial charge in [-0.1, -0.05) is 18.2 Å². The molecule has 0 saturated carbocycles. The Kier molecular flexibility index (Phi) is 5.16. The van der Waals surface area contributed by atoms with Crippen LogP contribution in [0.1, 0.15) is 16.7 Å². The van der Waals surface area contributed by atoms with Crippen molar-refractivity contribution in [1.29, 1.82) is 0 Å². The predicted molar refractivity (Wildman–Crippen MR) is 83.0 cm³/mol. The van der Waals surface area contributed by atoms with Crippen LogP contribution in [0, 0.1) is 0 Å². The van der Waals surface area contributed by atoms with Crippen LogP contribution in [0.2, 0.25) is 0 Å². The number of rotatable bonds is 5. The van der Waals surface area contributed by atoms with Gasteiger partial charge in [-0.2, -0.15) is 0 Å². The molecule has 0 bridgehead atoms. The first kappa shape index (κ1) is 15.6. The van der Waals surface area contributed by atoms with Crippen molar-refractivity contribution in [2.45, 2.75) is 13.2 Å². The van der Waals surface area contributed by atoms with Gasteiger partial charge in [0.25, 0.3) is 0 Å². The highest BCUT2D eigenvalue weighted by Crippen LogP contribution is 2.19. The molecule has 114 valence electrons. The van der Waals surface area contributed by atoms with Crippen LogP contribution in [-0.2, 0) is 17.9 Å². The normalized spacial score (nSPS) is 10.8. The Bertz CT molecular complexity index is 678. The lowest BCUT2D eigenvalue weighted by Crippen LogP contribution is -2.20. The van der Waals surface area contributed by atoms with Crippen molar-refractivity contribution in [1.82, 2.24) is 5.32 Å². The van der Waals surface area contributed by atoms with Crippen LogP contribution < -0.4 is 5.32 Å². The number of aromatic hydroxyl groups is 2. The monoisotopic (exact) mass is 299 g/mol. The second-order valence-electron chi connectivity index (χ2n) is 4.76. The lowest BCUT2D eigenvalue weighted by atomic mass is 10.1. The number of carbonyl (C=O) groups excluding carboxylic acids is 1. The molecule has 1 amide bonds. The van der Waals surface area contributed by atoms with E-state index < -0.39 is 0 Å². The minimum atomic E-state index is -0.263. The molecule has 0 radical (unpaired) electrons. The molecule has 2 aromatic rings. The van der Waals surface area contributed by atoms with Crippen molar-refractivity contribution in [2.75, 3.05) is 0 Å². The van der Waals surface area contributed by atoms with Gasteiger partial charge in [0.1, 0.15) is 11.5 Å². The molecule has 0 aliphatic heterocycles. The summed E-state index contributed by atoms with van der Waals surface area (Å²) in [6.07, 6.45) is 2.98. The van der Waals surface area contributed by atoms with Crippen molar-refractivity contribution < 1.29 is 20.1 Å². The average molecular weight is 299 g/mol. The Morgan fingerprint density at radius 2 is 1.82 bits per heavy atom. The number of hydrogen-bond donors (Lipinski definition) is 4. The van der Waals surface area contributed by atoms with E-state index >= 15 is 0 Å². The van der Waals surface area contributed by atoms with E-state index in [1.807, 2.05) is 0 Å². The lowest BCUT2D eigenvalue weighted by molar-refractivity contribution is -0.116. The van der Waals surface area contributed by atoms with E-state index in [9.17, 15) is 15.0 Å². The molecule has 5 nitrogen and oxygen atoms in total. The van der Waals surface area contributed by atoms with E-state index in [0.29, 0.717) is 17.7 Å². The standard InChI is InChI=1S/C17H17NO4/c19-11-14-9-12(3-7-16(14)21)4-8-17(22)18-10-13-1-5-15(20)6-2-13/h1-9,19-21H,10-11H2,(H,18,22)/b8-4+. The first-order chi connectivity index (χ1) is 10.6. The van der Waals surface area contributed by atoms with Crippen molar-refractivity contribution in [3.63, 3.8) is 0 Å². The second kappa shape index (κ2) is 7.28. The molecule has 22 heavy (non-hydrogen) atoms. The van der Waals surface area contributed by atoms with Crippen molar-refractivity contribution in [3.05, 3.63) is 65.2 Å².